The van der Waals surface area contributed by atoms with Gasteiger partial charge in [-0.15, -0.1) is 0 Å². The summed E-state index contributed by atoms with van der Waals surface area (Å²) in [6.45, 7) is 2.95. The van der Waals surface area contributed by atoms with Crippen molar-refractivity contribution in [3.63, 3.8) is 0 Å². The first-order chi connectivity index (χ1) is 10.2. The van der Waals surface area contributed by atoms with Crippen LogP contribution in [0.4, 0.5) is 11.9 Å². The number of nitrogens with one attached hydrogen (secondary N) is 2. The van der Waals surface area contributed by atoms with Crippen molar-refractivity contribution in [3.8, 4) is 5.95 Å². The molecule has 112 valence electrons. The summed E-state index contributed by atoms with van der Waals surface area (Å²) >= 11 is 0. The van der Waals surface area contributed by atoms with E-state index in [9.17, 15) is 5.11 Å². The highest BCUT2D eigenvalue weighted by Gasteiger charge is 2.42. The molecule has 1 aliphatic carbocycles. The Hall–Kier alpha value is -2.22. The van der Waals surface area contributed by atoms with Crippen molar-refractivity contribution in [2.24, 2.45) is 0 Å². The number of hydrogen-bond acceptors (Lipinski definition) is 7. The van der Waals surface area contributed by atoms with E-state index >= 15 is 0 Å². The molecule has 2 aromatic heterocycles. The average molecular weight is 289 g/mol. The van der Waals surface area contributed by atoms with Crippen molar-refractivity contribution in [1.82, 2.24) is 24.5 Å². The first-order valence-electron chi connectivity index (χ1n) is 7.12. The molecule has 1 aliphatic rings. The van der Waals surface area contributed by atoms with Gasteiger partial charge in [0.25, 0.3) is 0 Å². The van der Waals surface area contributed by atoms with Crippen molar-refractivity contribution < 1.29 is 5.11 Å². The van der Waals surface area contributed by atoms with Gasteiger partial charge in [-0.2, -0.15) is 15.0 Å². The first-order valence-corrected chi connectivity index (χ1v) is 7.12. The van der Waals surface area contributed by atoms with E-state index in [0.29, 0.717) is 17.8 Å². The molecule has 0 amide bonds. The monoisotopic (exact) mass is 289 g/mol. The summed E-state index contributed by atoms with van der Waals surface area (Å²) < 4.78 is 1.72. The van der Waals surface area contributed by atoms with Crippen molar-refractivity contribution in [2.75, 3.05) is 23.8 Å². The lowest BCUT2D eigenvalue weighted by Gasteiger charge is -2.15. The molecule has 3 rings (SSSR count). The van der Waals surface area contributed by atoms with Crippen molar-refractivity contribution in [1.29, 1.82) is 0 Å². The zero-order valence-corrected chi connectivity index (χ0v) is 12.0. The molecule has 0 saturated heterocycles. The summed E-state index contributed by atoms with van der Waals surface area (Å²) in [5, 5.41) is 15.8. The summed E-state index contributed by atoms with van der Waals surface area (Å²) in [5.41, 5.74) is -0.268. The van der Waals surface area contributed by atoms with Crippen molar-refractivity contribution in [2.45, 2.75) is 31.7 Å². The highest BCUT2D eigenvalue weighted by Crippen LogP contribution is 2.37. The summed E-state index contributed by atoms with van der Waals surface area (Å²) in [4.78, 5) is 17.1. The minimum atomic E-state index is -0.268. The Morgan fingerprint density at radius 3 is 2.71 bits per heavy atom. The zero-order valence-electron chi connectivity index (χ0n) is 12.0. The Kier molecular flexibility index (Phi) is 3.70. The Labute approximate surface area is 122 Å². The molecule has 0 atom stereocenters. The molecule has 0 spiro atoms. The molecule has 8 nitrogen and oxygen atoms in total. The maximum absolute atomic E-state index is 9.42. The fourth-order valence-electron chi connectivity index (χ4n) is 1.94. The van der Waals surface area contributed by atoms with Gasteiger partial charge in [-0.25, -0.2) is 4.98 Å². The molecular formula is C13H19N7O. The van der Waals surface area contributed by atoms with Crippen LogP contribution in [0.2, 0.25) is 0 Å². The van der Waals surface area contributed by atoms with Gasteiger partial charge in [0.2, 0.25) is 17.8 Å². The molecule has 8 heteroatoms. The number of rotatable bonds is 7. The minimum absolute atomic E-state index is 0.0802. The number of aliphatic hydroxyl groups is 1. The topological polar surface area (TPSA) is 101 Å². The van der Waals surface area contributed by atoms with Gasteiger partial charge >= 0.3 is 0 Å². The second-order valence-corrected chi connectivity index (χ2v) is 5.24. The predicted molar refractivity (Wildman–Crippen MR) is 78.4 cm³/mol. The van der Waals surface area contributed by atoms with Gasteiger partial charge in [0.1, 0.15) is 6.33 Å². The van der Waals surface area contributed by atoms with Crippen molar-refractivity contribution >= 4 is 11.9 Å². The third-order valence-electron chi connectivity index (χ3n) is 3.43. The molecule has 0 radical (unpaired) electrons. The van der Waals surface area contributed by atoms with Gasteiger partial charge in [0, 0.05) is 18.9 Å². The van der Waals surface area contributed by atoms with E-state index in [0.717, 1.165) is 25.8 Å². The van der Waals surface area contributed by atoms with Gasteiger partial charge in [-0.05, 0) is 19.3 Å². The lowest BCUT2D eigenvalue weighted by molar-refractivity contribution is 0.265. The van der Waals surface area contributed by atoms with Crippen LogP contribution in [0.1, 0.15) is 26.2 Å². The van der Waals surface area contributed by atoms with E-state index in [1.165, 1.54) is 0 Å². The van der Waals surface area contributed by atoms with Crippen LogP contribution >= 0.6 is 0 Å². The van der Waals surface area contributed by atoms with Gasteiger partial charge in [-0.3, -0.25) is 4.57 Å². The summed E-state index contributed by atoms with van der Waals surface area (Å²) in [7, 11) is 0. The van der Waals surface area contributed by atoms with Crippen LogP contribution in [0, 0.1) is 0 Å². The van der Waals surface area contributed by atoms with E-state index in [4.69, 9.17) is 0 Å². The third kappa shape index (κ3) is 3.10. The smallest absolute Gasteiger partial charge is 0.241 e. The summed E-state index contributed by atoms with van der Waals surface area (Å²) in [6, 6.07) is 0. The van der Waals surface area contributed by atoms with Crippen LogP contribution in [0.5, 0.6) is 0 Å². The van der Waals surface area contributed by atoms with Crippen molar-refractivity contribution in [3.05, 3.63) is 18.7 Å². The van der Waals surface area contributed by atoms with Crippen LogP contribution in [0.25, 0.3) is 5.95 Å². The molecule has 0 aliphatic heterocycles. The molecule has 2 aromatic rings. The molecule has 3 N–H and O–H groups in total. The predicted octanol–water partition coefficient (Wildman–Crippen LogP) is 0.816. The fourth-order valence-corrected chi connectivity index (χ4v) is 1.94. The SMILES string of the molecule is CCCNc1nc(NC2(CO)CC2)nc(-n2ccnc2)n1. The summed E-state index contributed by atoms with van der Waals surface area (Å²) in [5.74, 6) is 1.49. The van der Waals surface area contributed by atoms with Crippen LogP contribution in [0.3, 0.4) is 0 Å². The molecular weight excluding hydrogens is 270 g/mol. The third-order valence-corrected chi connectivity index (χ3v) is 3.43. The fraction of sp³-hybridized carbons (Fsp3) is 0.538. The Morgan fingerprint density at radius 1 is 1.29 bits per heavy atom. The Morgan fingerprint density at radius 2 is 2.10 bits per heavy atom. The van der Waals surface area contributed by atoms with Crippen LogP contribution < -0.4 is 10.6 Å². The average Bonchev–Trinajstić information content (AvgIpc) is 3.05. The number of nitrogens with zero attached hydrogens (tertiary/aromatic N) is 5. The quantitative estimate of drug-likeness (QED) is 0.693. The molecule has 21 heavy (non-hydrogen) atoms. The zero-order chi connectivity index (χ0) is 14.7. The number of imidazole rings is 1. The number of anilines is 2. The number of hydrogen-bond donors (Lipinski definition) is 3. The molecule has 0 bridgehead atoms. The van der Waals surface area contributed by atoms with Crippen LogP contribution in [-0.4, -0.2) is 48.3 Å². The highest BCUT2D eigenvalue weighted by molar-refractivity contribution is 5.41. The largest absolute Gasteiger partial charge is 0.394 e. The lowest BCUT2D eigenvalue weighted by atomic mass is 10.3. The number of aromatic nitrogens is 5. The maximum Gasteiger partial charge on any atom is 0.241 e. The standard InChI is InChI=1S/C13H19N7O/c1-2-5-15-10-16-11(19-13(8-21)3-4-13)18-12(17-10)20-7-6-14-9-20/h6-7,9,21H,2-5,8H2,1H3,(H2,15,16,17,18,19). The van der Waals surface area contributed by atoms with Gasteiger partial charge in [0.05, 0.1) is 12.1 Å². The van der Waals surface area contributed by atoms with E-state index in [2.05, 4.69) is 37.5 Å². The molecule has 1 saturated carbocycles. The highest BCUT2D eigenvalue weighted by atomic mass is 16.3. The Balaban J connectivity index is 1.89. The minimum Gasteiger partial charge on any atom is -0.394 e. The van der Waals surface area contributed by atoms with Gasteiger partial charge in [0.15, 0.2) is 0 Å². The molecule has 0 aromatic carbocycles. The van der Waals surface area contributed by atoms with E-state index in [1.807, 2.05) is 0 Å². The molecule has 2 heterocycles. The van der Waals surface area contributed by atoms with E-state index in [1.54, 1.807) is 23.3 Å². The Bertz CT molecular complexity index is 595. The van der Waals surface area contributed by atoms with Gasteiger partial charge < -0.3 is 15.7 Å². The van der Waals surface area contributed by atoms with Crippen LogP contribution in [0.15, 0.2) is 18.7 Å². The number of aliphatic hydroxyl groups excluding tert-OH is 1. The summed E-state index contributed by atoms with van der Waals surface area (Å²) in [6.07, 6.45) is 7.92. The second-order valence-electron chi connectivity index (χ2n) is 5.24. The lowest BCUT2D eigenvalue weighted by Crippen LogP contribution is -2.27. The molecule has 1 fully saturated rings. The van der Waals surface area contributed by atoms with E-state index in [-0.39, 0.29) is 12.1 Å². The van der Waals surface area contributed by atoms with Gasteiger partial charge in [-0.1, -0.05) is 6.92 Å². The maximum atomic E-state index is 9.42. The molecule has 0 unspecified atom stereocenters. The normalized spacial score (nSPS) is 15.7. The van der Waals surface area contributed by atoms with Crippen LogP contribution in [-0.2, 0) is 0 Å². The first kappa shape index (κ1) is 13.7. The van der Waals surface area contributed by atoms with E-state index < -0.39 is 0 Å². The second kappa shape index (κ2) is 5.65.